The number of hydrogen-bond acceptors (Lipinski definition) is 6. The molecule has 1 amide bonds. The lowest BCUT2D eigenvalue weighted by Crippen LogP contribution is -2.45. The number of nitrogens with one attached hydrogen (secondary N) is 1. The lowest BCUT2D eigenvalue weighted by molar-refractivity contribution is -0.870. The van der Waals surface area contributed by atoms with E-state index in [0.717, 1.165) is 89.9 Å². The second kappa shape index (κ2) is 55.6. The van der Waals surface area contributed by atoms with Gasteiger partial charge in [0, 0.05) is 6.42 Å². The van der Waals surface area contributed by atoms with Crippen LogP contribution in [0.1, 0.15) is 239 Å². The van der Waals surface area contributed by atoms with Crippen LogP contribution in [0.4, 0.5) is 0 Å². The number of allylic oxidation sites excluding steroid dienone is 19. The maximum Gasteiger partial charge on any atom is 0.268 e. The molecule has 0 rings (SSSR count). The predicted octanol–water partition coefficient (Wildman–Crippen LogP) is 18.3. The van der Waals surface area contributed by atoms with E-state index in [1.54, 1.807) is 6.08 Å². The SMILES string of the molecule is CC/C=C\C/C=C\C/C=C\C/C=C\C/C=C\C/C=C\C/C=C\C/C=C\CCCCCCCCCCCCCCC(=O)NC(COP(=O)([O-])OCC[N+](C)(C)C)C(O)/C=C/CC/C=C/CCCCCCCCCCCC. The lowest BCUT2D eigenvalue weighted by atomic mass is 10.0. The number of aliphatic hydroxyl groups is 1. The van der Waals surface area contributed by atoms with Gasteiger partial charge in [-0.05, 0) is 96.3 Å². The van der Waals surface area contributed by atoms with Crippen molar-refractivity contribution in [3.8, 4) is 0 Å². The van der Waals surface area contributed by atoms with Gasteiger partial charge in [0.1, 0.15) is 13.2 Å². The van der Waals surface area contributed by atoms with E-state index >= 15 is 0 Å². The molecule has 0 heterocycles. The minimum atomic E-state index is -4.61. The summed E-state index contributed by atoms with van der Waals surface area (Å²) < 4.78 is 23.3. The van der Waals surface area contributed by atoms with Gasteiger partial charge in [0.25, 0.3) is 7.82 Å². The molecule has 2 N–H and O–H groups in total. The summed E-state index contributed by atoms with van der Waals surface area (Å²) in [6.45, 7) is 4.50. The Bertz CT molecular complexity index is 1630. The predicted molar refractivity (Wildman–Crippen MR) is 325 cm³/mol. The zero-order chi connectivity index (χ0) is 54.9. The molecular formula is C66H115N2O6P. The van der Waals surface area contributed by atoms with Crippen molar-refractivity contribution in [3.05, 3.63) is 122 Å². The van der Waals surface area contributed by atoms with Crippen molar-refractivity contribution in [1.29, 1.82) is 0 Å². The van der Waals surface area contributed by atoms with Crippen LogP contribution in [0.25, 0.3) is 0 Å². The van der Waals surface area contributed by atoms with E-state index in [9.17, 15) is 19.4 Å². The third-order valence-corrected chi connectivity index (χ3v) is 13.9. The first kappa shape index (κ1) is 71.9. The van der Waals surface area contributed by atoms with E-state index < -0.39 is 26.6 Å². The summed E-state index contributed by atoms with van der Waals surface area (Å²) in [7, 11) is 1.23. The second-order valence-electron chi connectivity index (χ2n) is 21.3. The molecule has 9 heteroatoms. The number of phosphoric ester groups is 1. The standard InChI is InChI=1S/C66H115N2O6P/c1-6-8-10-12-14-16-18-20-22-24-25-26-27-28-29-30-31-32-33-34-35-36-37-38-39-40-41-42-43-44-46-48-50-52-54-56-58-60-66(70)67-64(63-74-75(71,72)73-62-61-68(3,4)5)65(69)59-57-55-53-51-49-47-45-23-21-19-17-15-13-11-9-7-2/h8,10,14,16,20,22,25-26,28-29,31-32,34-35,37-38,49,51,57,59,64-65,69H,6-7,9,11-13,15,17-19,21,23-24,27,30,33,36,39-48,50,52-56,58,60-63H2,1-5H3,(H-,67,70,71,72)/b10-8-,16-14-,22-20-,26-25-,29-28-,32-31-,35-34-,38-37-,51-49+,59-57+. The van der Waals surface area contributed by atoms with Crippen molar-refractivity contribution >= 4 is 13.7 Å². The van der Waals surface area contributed by atoms with Crippen LogP contribution in [-0.2, 0) is 18.4 Å². The quantitative estimate of drug-likeness (QED) is 0.0272. The summed E-state index contributed by atoms with van der Waals surface area (Å²) >= 11 is 0. The number of likely N-dealkylation sites (N-methyl/N-ethyl adjacent to an activating group) is 1. The number of amides is 1. The van der Waals surface area contributed by atoms with Crippen molar-refractivity contribution in [1.82, 2.24) is 5.32 Å². The van der Waals surface area contributed by atoms with Gasteiger partial charge in [-0.15, -0.1) is 0 Å². The molecule has 0 bridgehead atoms. The zero-order valence-corrected chi connectivity index (χ0v) is 49.8. The summed E-state index contributed by atoms with van der Waals surface area (Å²) in [4.78, 5) is 25.5. The summed E-state index contributed by atoms with van der Waals surface area (Å²) in [6.07, 6.45) is 82.9. The topological polar surface area (TPSA) is 108 Å². The average molecular weight is 1060 g/mol. The molecule has 75 heavy (non-hydrogen) atoms. The zero-order valence-electron chi connectivity index (χ0n) is 49.0. The Labute approximate surface area is 463 Å². The van der Waals surface area contributed by atoms with Gasteiger partial charge in [0.2, 0.25) is 5.91 Å². The fraction of sp³-hybridized carbons (Fsp3) is 0.682. The normalized spacial score (nSPS) is 14.7. The molecule has 8 nitrogen and oxygen atoms in total. The molecule has 0 aromatic rings. The molecule has 430 valence electrons. The van der Waals surface area contributed by atoms with E-state index in [1.807, 2.05) is 27.2 Å². The third kappa shape index (κ3) is 58.4. The largest absolute Gasteiger partial charge is 0.756 e. The Balaban J connectivity index is 4.13. The number of phosphoric acid groups is 1. The highest BCUT2D eigenvalue weighted by molar-refractivity contribution is 7.45. The number of carbonyl (C=O) groups is 1. The number of carbonyl (C=O) groups excluding carboxylic acids is 1. The number of rotatable bonds is 54. The molecule has 0 aliphatic heterocycles. The van der Waals surface area contributed by atoms with E-state index in [0.29, 0.717) is 17.4 Å². The van der Waals surface area contributed by atoms with Crippen molar-refractivity contribution in [2.45, 2.75) is 251 Å². The second-order valence-corrected chi connectivity index (χ2v) is 22.7. The Morgan fingerprint density at radius 2 is 0.827 bits per heavy atom. The summed E-state index contributed by atoms with van der Waals surface area (Å²) in [6, 6.07) is -0.912. The molecule has 0 aromatic heterocycles. The highest BCUT2D eigenvalue weighted by atomic mass is 31.2. The number of quaternary nitrogens is 1. The number of unbranched alkanes of at least 4 members (excludes halogenated alkanes) is 23. The Morgan fingerprint density at radius 3 is 1.24 bits per heavy atom. The van der Waals surface area contributed by atoms with Gasteiger partial charge in [-0.3, -0.25) is 9.36 Å². The van der Waals surface area contributed by atoms with Crippen molar-refractivity contribution in [2.75, 3.05) is 40.9 Å². The molecule has 0 spiro atoms. The van der Waals surface area contributed by atoms with Crippen molar-refractivity contribution in [2.24, 2.45) is 0 Å². The molecule has 0 aliphatic carbocycles. The van der Waals surface area contributed by atoms with Gasteiger partial charge in [-0.25, -0.2) is 0 Å². The lowest BCUT2D eigenvalue weighted by Gasteiger charge is -2.29. The maximum atomic E-state index is 13.0. The van der Waals surface area contributed by atoms with E-state index in [-0.39, 0.29) is 12.5 Å². The Kier molecular flexibility index (Phi) is 53.3. The molecule has 0 radical (unpaired) electrons. The van der Waals surface area contributed by atoms with E-state index in [1.165, 1.54) is 128 Å². The number of hydrogen-bond donors (Lipinski definition) is 2. The molecule has 0 saturated heterocycles. The van der Waals surface area contributed by atoms with Gasteiger partial charge >= 0.3 is 0 Å². The third-order valence-electron chi connectivity index (χ3n) is 12.9. The van der Waals surface area contributed by atoms with Gasteiger partial charge in [0.15, 0.2) is 0 Å². The first-order valence-electron chi connectivity index (χ1n) is 30.4. The fourth-order valence-electron chi connectivity index (χ4n) is 8.18. The monoisotopic (exact) mass is 1060 g/mol. The molecular weight excluding hydrogens is 948 g/mol. The molecule has 0 fully saturated rings. The van der Waals surface area contributed by atoms with Crippen LogP contribution in [0, 0.1) is 0 Å². The molecule has 3 atom stereocenters. The van der Waals surface area contributed by atoms with Gasteiger partial charge < -0.3 is 28.8 Å². The van der Waals surface area contributed by atoms with Gasteiger partial charge in [-0.1, -0.05) is 257 Å². The number of nitrogens with zero attached hydrogens (tertiary/aromatic N) is 1. The van der Waals surface area contributed by atoms with Crippen LogP contribution >= 0.6 is 7.82 Å². The highest BCUT2D eigenvalue weighted by Crippen LogP contribution is 2.38. The van der Waals surface area contributed by atoms with Gasteiger partial charge in [-0.2, -0.15) is 0 Å². The molecule has 0 saturated carbocycles. The van der Waals surface area contributed by atoms with E-state index in [4.69, 9.17) is 9.05 Å². The molecule has 0 aromatic carbocycles. The van der Waals surface area contributed by atoms with Crippen molar-refractivity contribution in [3.63, 3.8) is 0 Å². The summed E-state index contributed by atoms with van der Waals surface area (Å²) in [5, 5.41) is 13.9. The Hall–Kier alpha value is -3.10. The number of aliphatic hydroxyl groups excluding tert-OH is 1. The van der Waals surface area contributed by atoms with Crippen LogP contribution < -0.4 is 10.2 Å². The minimum Gasteiger partial charge on any atom is -0.756 e. The van der Waals surface area contributed by atoms with Crippen LogP contribution in [0.3, 0.4) is 0 Å². The Morgan fingerprint density at radius 1 is 0.480 bits per heavy atom. The minimum absolute atomic E-state index is 0.0116. The van der Waals surface area contributed by atoms with Gasteiger partial charge in [0.05, 0.1) is 39.9 Å². The summed E-state index contributed by atoms with van der Waals surface area (Å²) in [5.41, 5.74) is 0. The maximum absolute atomic E-state index is 13.0. The van der Waals surface area contributed by atoms with E-state index in [2.05, 4.69) is 129 Å². The van der Waals surface area contributed by atoms with Crippen LogP contribution in [0.15, 0.2) is 122 Å². The average Bonchev–Trinajstić information content (AvgIpc) is 3.37. The van der Waals surface area contributed by atoms with Crippen LogP contribution in [0.2, 0.25) is 0 Å². The summed E-state index contributed by atoms with van der Waals surface area (Å²) in [5.74, 6) is -0.214. The van der Waals surface area contributed by atoms with Crippen LogP contribution in [-0.4, -0.2) is 68.5 Å². The first-order valence-corrected chi connectivity index (χ1v) is 31.9. The first-order chi connectivity index (χ1) is 36.5. The smallest absolute Gasteiger partial charge is 0.268 e. The fourth-order valence-corrected chi connectivity index (χ4v) is 8.91. The van der Waals surface area contributed by atoms with Crippen LogP contribution in [0.5, 0.6) is 0 Å². The van der Waals surface area contributed by atoms with Crippen molar-refractivity contribution < 1.29 is 32.9 Å². The molecule has 0 aliphatic rings. The molecule has 3 unspecified atom stereocenters. The highest BCUT2D eigenvalue weighted by Gasteiger charge is 2.23.